The Morgan fingerprint density at radius 2 is 2.32 bits per heavy atom. The molecule has 1 aliphatic rings. The van der Waals surface area contributed by atoms with E-state index in [0.29, 0.717) is 17.5 Å². The summed E-state index contributed by atoms with van der Waals surface area (Å²) in [4.78, 5) is 12.8. The topological polar surface area (TPSA) is 66.9 Å². The lowest BCUT2D eigenvalue weighted by molar-refractivity contribution is 0.0954. The van der Waals surface area contributed by atoms with Gasteiger partial charge in [0.15, 0.2) is 0 Å². The molecule has 1 amide bonds. The first-order valence-electron chi connectivity index (χ1n) is 6.83. The highest BCUT2D eigenvalue weighted by atomic mass is 32.1. The largest absolute Gasteiger partial charge is 0.351 e. The molecular weight excluding hydrogens is 260 g/mol. The summed E-state index contributed by atoms with van der Waals surface area (Å²) in [5.74, 6) is -0.0436. The van der Waals surface area contributed by atoms with Gasteiger partial charge in [-0.05, 0) is 37.3 Å². The van der Waals surface area contributed by atoms with Crippen LogP contribution in [0.4, 0.5) is 0 Å². The molecule has 106 valence electrons. The number of hydrogen-bond donors (Lipinski definition) is 2. The molecule has 6 heteroatoms. The molecule has 0 bridgehead atoms. The van der Waals surface area contributed by atoms with E-state index < -0.39 is 0 Å². The Bertz CT molecular complexity index is 432. The molecule has 0 spiro atoms. The molecule has 1 atom stereocenters. The fraction of sp³-hybridized carbons (Fsp3) is 0.769. The predicted molar refractivity (Wildman–Crippen MR) is 76.6 cm³/mol. The monoisotopic (exact) mass is 282 g/mol. The SMILES string of the molecule is CC(C)(C)c1nnsc1C(=O)NCCC1CCCN1. The number of amides is 1. The van der Waals surface area contributed by atoms with Crippen LogP contribution in [0.5, 0.6) is 0 Å². The van der Waals surface area contributed by atoms with Crippen molar-refractivity contribution in [2.45, 2.75) is 51.5 Å². The van der Waals surface area contributed by atoms with E-state index in [0.717, 1.165) is 18.7 Å². The van der Waals surface area contributed by atoms with Gasteiger partial charge in [-0.2, -0.15) is 0 Å². The van der Waals surface area contributed by atoms with Gasteiger partial charge in [-0.25, -0.2) is 0 Å². The minimum absolute atomic E-state index is 0.0436. The van der Waals surface area contributed by atoms with E-state index in [1.54, 1.807) is 0 Å². The number of nitrogens with zero attached hydrogens (tertiary/aromatic N) is 2. The quantitative estimate of drug-likeness (QED) is 0.882. The summed E-state index contributed by atoms with van der Waals surface area (Å²) >= 11 is 1.18. The van der Waals surface area contributed by atoms with E-state index in [1.807, 2.05) is 20.8 Å². The van der Waals surface area contributed by atoms with Crippen LogP contribution in [0.2, 0.25) is 0 Å². The lowest BCUT2D eigenvalue weighted by atomic mass is 9.91. The molecule has 2 N–H and O–H groups in total. The summed E-state index contributed by atoms with van der Waals surface area (Å²) in [5, 5.41) is 10.5. The zero-order chi connectivity index (χ0) is 13.9. The van der Waals surface area contributed by atoms with E-state index in [9.17, 15) is 4.79 Å². The predicted octanol–water partition coefficient (Wildman–Crippen LogP) is 1.71. The van der Waals surface area contributed by atoms with Crippen LogP contribution in [0.3, 0.4) is 0 Å². The number of aromatic nitrogens is 2. The summed E-state index contributed by atoms with van der Waals surface area (Å²) < 4.78 is 3.91. The maximum atomic E-state index is 12.1. The lowest BCUT2D eigenvalue weighted by Gasteiger charge is -2.16. The first kappa shape index (κ1) is 14.4. The third kappa shape index (κ3) is 3.73. The molecule has 0 saturated carbocycles. The highest BCUT2D eigenvalue weighted by Gasteiger charge is 2.26. The van der Waals surface area contributed by atoms with Crippen molar-refractivity contribution in [2.24, 2.45) is 0 Å². The zero-order valence-corrected chi connectivity index (χ0v) is 12.6. The van der Waals surface area contributed by atoms with Crippen LogP contribution in [0.15, 0.2) is 0 Å². The molecule has 2 heterocycles. The van der Waals surface area contributed by atoms with Gasteiger partial charge in [0.2, 0.25) is 0 Å². The number of carbonyl (C=O) groups is 1. The van der Waals surface area contributed by atoms with Crippen molar-refractivity contribution in [3.8, 4) is 0 Å². The molecule has 0 aliphatic carbocycles. The Balaban J connectivity index is 1.87. The Hall–Kier alpha value is -1.01. The first-order valence-corrected chi connectivity index (χ1v) is 7.60. The van der Waals surface area contributed by atoms with Gasteiger partial charge in [0.05, 0.1) is 5.69 Å². The van der Waals surface area contributed by atoms with Crippen molar-refractivity contribution in [3.05, 3.63) is 10.6 Å². The van der Waals surface area contributed by atoms with Crippen molar-refractivity contribution in [1.82, 2.24) is 20.2 Å². The zero-order valence-electron chi connectivity index (χ0n) is 11.8. The van der Waals surface area contributed by atoms with Crippen molar-refractivity contribution in [1.29, 1.82) is 0 Å². The second-order valence-electron chi connectivity index (χ2n) is 6.04. The molecule has 2 rings (SSSR count). The fourth-order valence-electron chi connectivity index (χ4n) is 2.27. The fourth-order valence-corrected chi connectivity index (χ4v) is 3.07. The molecular formula is C13H22N4OS. The maximum absolute atomic E-state index is 12.1. The molecule has 1 aromatic rings. The van der Waals surface area contributed by atoms with Crippen molar-refractivity contribution >= 4 is 17.4 Å². The van der Waals surface area contributed by atoms with Crippen LogP contribution in [-0.2, 0) is 5.41 Å². The molecule has 1 saturated heterocycles. The minimum atomic E-state index is -0.146. The summed E-state index contributed by atoms with van der Waals surface area (Å²) in [6.07, 6.45) is 3.44. The van der Waals surface area contributed by atoms with E-state index >= 15 is 0 Å². The van der Waals surface area contributed by atoms with Gasteiger partial charge < -0.3 is 10.6 Å². The smallest absolute Gasteiger partial charge is 0.264 e. The van der Waals surface area contributed by atoms with Gasteiger partial charge in [0.25, 0.3) is 5.91 Å². The Kier molecular flexibility index (Phi) is 4.52. The van der Waals surface area contributed by atoms with Gasteiger partial charge in [0.1, 0.15) is 4.88 Å². The summed E-state index contributed by atoms with van der Waals surface area (Å²) in [7, 11) is 0. The highest BCUT2D eigenvalue weighted by molar-refractivity contribution is 7.08. The average Bonchev–Trinajstić information content (AvgIpc) is 2.98. The third-order valence-corrected chi connectivity index (χ3v) is 4.07. The van der Waals surface area contributed by atoms with Crippen LogP contribution in [0.25, 0.3) is 0 Å². The van der Waals surface area contributed by atoms with Crippen molar-refractivity contribution in [2.75, 3.05) is 13.1 Å². The van der Waals surface area contributed by atoms with Crippen LogP contribution in [0.1, 0.15) is 55.4 Å². The van der Waals surface area contributed by atoms with Gasteiger partial charge in [-0.1, -0.05) is 25.3 Å². The third-order valence-electron chi connectivity index (χ3n) is 3.35. The second kappa shape index (κ2) is 5.96. The molecule has 1 fully saturated rings. The maximum Gasteiger partial charge on any atom is 0.264 e. The number of hydrogen-bond acceptors (Lipinski definition) is 5. The Morgan fingerprint density at radius 1 is 1.53 bits per heavy atom. The van der Waals surface area contributed by atoms with Gasteiger partial charge in [-0.3, -0.25) is 4.79 Å². The summed E-state index contributed by atoms with van der Waals surface area (Å²) in [6, 6.07) is 0.557. The summed E-state index contributed by atoms with van der Waals surface area (Å²) in [5.41, 5.74) is 0.640. The number of carbonyl (C=O) groups excluding carboxylic acids is 1. The van der Waals surface area contributed by atoms with Gasteiger partial charge in [-0.15, -0.1) is 5.10 Å². The van der Waals surface area contributed by atoms with Crippen molar-refractivity contribution in [3.63, 3.8) is 0 Å². The van der Waals surface area contributed by atoms with Crippen LogP contribution < -0.4 is 10.6 Å². The average molecular weight is 282 g/mol. The van der Waals surface area contributed by atoms with Crippen LogP contribution in [-0.4, -0.2) is 34.6 Å². The molecule has 0 aromatic carbocycles. The Morgan fingerprint density at radius 3 is 2.95 bits per heavy atom. The number of rotatable bonds is 4. The van der Waals surface area contributed by atoms with Crippen LogP contribution >= 0.6 is 11.5 Å². The second-order valence-corrected chi connectivity index (χ2v) is 6.79. The molecule has 0 radical (unpaired) electrons. The van der Waals surface area contributed by atoms with Crippen LogP contribution in [0, 0.1) is 0 Å². The lowest BCUT2D eigenvalue weighted by Crippen LogP contribution is -2.31. The van der Waals surface area contributed by atoms with Gasteiger partial charge >= 0.3 is 0 Å². The minimum Gasteiger partial charge on any atom is -0.351 e. The molecule has 1 aromatic heterocycles. The van der Waals surface area contributed by atoms with E-state index in [1.165, 1.54) is 24.4 Å². The normalized spacial score (nSPS) is 19.6. The van der Waals surface area contributed by atoms with E-state index in [-0.39, 0.29) is 11.3 Å². The standard InChI is InChI=1S/C13H22N4OS/c1-13(2,3)11-10(19-17-16-11)12(18)15-8-6-9-5-4-7-14-9/h9,14H,4-8H2,1-3H3,(H,15,18). The molecule has 19 heavy (non-hydrogen) atoms. The van der Waals surface area contributed by atoms with E-state index in [2.05, 4.69) is 20.2 Å². The molecule has 1 aliphatic heterocycles. The molecule has 5 nitrogen and oxygen atoms in total. The van der Waals surface area contributed by atoms with Gasteiger partial charge in [0, 0.05) is 18.0 Å². The first-order chi connectivity index (χ1) is 8.98. The van der Waals surface area contributed by atoms with Crippen molar-refractivity contribution < 1.29 is 4.79 Å². The summed E-state index contributed by atoms with van der Waals surface area (Å²) in [6.45, 7) is 7.94. The molecule has 1 unspecified atom stereocenters. The highest BCUT2D eigenvalue weighted by Crippen LogP contribution is 2.25. The number of nitrogens with one attached hydrogen (secondary N) is 2. The van der Waals surface area contributed by atoms with E-state index in [4.69, 9.17) is 0 Å². The Labute approximate surface area is 118 Å².